The second-order valence-corrected chi connectivity index (χ2v) is 41.2. The molecule has 4 saturated carbocycles. The Morgan fingerprint density at radius 2 is 0.810 bits per heavy atom. The van der Waals surface area contributed by atoms with Crippen LogP contribution in [-0.4, -0.2) is 108 Å². The minimum atomic E-state index is -3.87. The summed E-state index contributed by atoms with van der Waals surface area (Å²) in [6.07, 6.45) is 31.4. The molecule has 0 bridgehead atoms. The summed E-state index contributed by atoms with van der Waals surface area (Å²) >= 11 is 1.65. The fourth-order valence-corrected chi connectivity index (χ4v) is 19.8. The molecule has 14 aromatic rings. The van der Waals surface area contributed by atoms with Crippen LogP contribution in [0.4, 0.5) is 4.39 Å². The molecule has 0 saturated heterocycles. The largest absolute Gasteiger partial charge is 0.494 e. The molecule has 25 nitrogen and oxygen atoms in total. The van der Waals surface area contributed by atoms with Crippen molar-refractivity contribution < 1.29 is 40.3 Å². The number of unbranched alkanes of at least 4 members (excludes halogenated alkanes) is 10. The predicted molar refractivity (Wildman–Crippen MR) is 540 cm³/mol. The topological polar surface area (TPSA) is 372 Å². The number of H-pyrrole nitrogens is 6. The number of halogens is 1. The van der Waals surface area contributed by atoms with Crippen LogP contribution in [0.2, 0.25) is 0 Å². The first-order valence-corrected chi connectivity index (χ1v) is 51.7. The number of aromatic amines is 6. The molecule has 0 aliphatic heterocycles. The van der Waals surface area contributed by atoms with E-state index in [4.69, 9.17) is 9.47 Å². The maximum Gasteiger partial charge on any atom is 0.270 e. The number of nitrogens with zero attached hydrogens (tertiary/aromatic N) is 5. The predicted octanol–water partition coefficient (Wildman–Crippen LogP) is 22.1. The summed E-state index contributed by atoms with van der Waals surface area (Å²) in [4.78, 5) is 104. The molecule has 7 heterocycles. The molecule has 8 N–H and O–H groups in total. The summed E-state index contributed by atoms with van der Waals surface area (Å²) < 4.78 is 80.4. The first-order chi connectivity index (χ1) is 66.3. The van der Waals surface area contributed by atoms with Crippen LogP contribution in [0.3, 0.4) is 0 Å². The number of hydrogen-bond acceptors (Lipinski definition) is 18. The average Bonchev–Trinajstić information content (AvgIpc) is 1.79. The van der Waals surface area contributed by atoms with Crippen LogP contribution >= 0.6 is 11.3 Å². The fourth-order valence-electron chi connectivity index (χ4n) is 16.3. The molecule has 137 heavy (non-hydrogen) atoms. The van der Waals surface area contributed by atoms with E-state index >= 15 is 4.39 Å². The first-order valence-electron chi connectivity index (χ1n) is 47.8. The third kappa shape index (κ3) is 26.7. The molecule has 18 rings (SSSR count). The van der Waals surface area contributed by atoms with Crippen LogP contribution in [0.25, 0.3) is 112 Å². The van der Waals surface area contributed by atoms with Gasteiger partial charge in [-0.3, -0.25) is 39.0 Å². The van der Waals surface area contributed by atoms with Gasteiger partial charge in [0.25, 0.3) is 34.1 Å². The number of rotatable bonds is 39. The Hall–Kier alpha value is -13.4. The van der Waals surface area contributed by atoms with Gasteiger partial charge in [0.15, 0.2) is 11.6 Å². The van der Waals surface area contributed by atoms with E-state index in [-0.39, 0.29) is 39.1 Å². The summed E-state index contributed by atoms with van der Waals surface area (Å²) in [5, 5.41) is 13.1. The summed E-state index contributed by atoms with van der Waals surface area (Å²) in [6.45, 7) is 13.7. The Morgan fingerprint density at radius 1 is 0.409 bits per heavy atom. The van der Waals surface area contributed by atoms with Crippen molar-refractivity contribution in [2.45, 2.75) is 213 Å². The van der Waals surface area contributed by atoms with Crippen LogP contribution in [0, 0.1) is 38.4 Å². The number of aryl methyl sites for hydroxylation is 5. The summed E-state index contributed by atoms with van der Waals surface area (Å²) in [6, 6.07) is 58.9. The van der Waals surface area contributed by atoms with Gasteiger partial charge in [-0.1, -0.05) is 236 Å². The number of ether oxygens (including phenoxy) is 2. The van der Waals surface area contributed by atoms with Gasteiger partial charge in [-0.05, 0) is 221 Å². The number of carbonyl (C=O) groups excluding carboxylic acids is 2. The second-order valence-electron chi connectivity index (χ2n) is 36.1. The minimum absolute atomic E-state index is 0.126. The zero-order valence-corrected chi connectivity index (χ0v) is 80.7. The standard InChI is InChI=1S/C31H36N2O5S.C28H31FN2O5S.C25H24N4O.C24H27N5OS/c1-2-3-4-5-18-38-25-14-12-24(13-15-25)28-20-27(23-10-8-22(9-11-23)19-21-6-7-21)29(30(34)32-28)31(35)33-39(36,37)26-16-17-26;1-3-4-5-6-15-36-20-11-14-22(24(29)16-20)25-17-23(19-9-7-18(2)8-10-19)26(27(32)30-25)28(33)31-37(34,35)21-12-13-21;1-16-2-10-19(11-3-16)21-14-22(28-25(30)23(21)24-26-15-27-29-24)20-12-8-18(9-13-20)7-6-17-4-5-17;1-3-4-5-6-7-8-18-14-25-24(31-18)20-13-19(17-11-9-16(2)10-12-17)21(23(30)28-20)22-26-15-27-29-22/h8-15,20-21,26H,2-7,16-19H2,1H3,(H,32,34)(H,33,35);7-11,14,16-17,21H,3-6,12-13,15H2,1-2H3,(H,30,32)(H,31,33);2-3,8-15,17H,4-7H2,1H3,(H,28,30)(H,26,27,29);9-15H,3-8H2,1-2H3,(H,28,30)(H,26,27,29). The van der Waals surface area contributed by atoms with Gasteiger partial charge in [-0.2, -0.15) is 10.2 Å². The molecule has 29 heteroatoms. The van der Waals surface area contributed by atoms with Gasteiger partial charge >= 0.3 is 0 Å². The summed E-state index contributed by atoms with van der Waals surface area (Å²) in [5.41, 5.74) is 14.0. The molecule has 0 atom stereocenters. The highest BCUT2D eigenvalue weighted by Gasteiger charge is 2.40. The molecule has 2 amide bonds. The quantitative estimate of drug-likeness (QED) is 0.0166. The van der Waals surface area contributed by atoms with Crippen molar-refractivity contribution >= 4 is 43.2 Å². The van der Waals surface area contributed by atoms with E-state index in [0.717, 1.165) is 131 Å². The third-order valence-electron chi connectivity index (χ3n) is 24.9. The average molecular weight is 1910 g/mol. The van der Waals surface area contributed by atoms with Crippen molar-refractivity contribution in [3.63, 3.8) is 0 Å². The fraction of sp³-hybridized carbons (Fsp3) is 0.343. The van der Waals surface area contributed by atoms with Gasteiger partial charge in [0.1, 0.15) is 46.1 Å². The maximum atomic E-state index is 15.1. The monoisotopic (exact) mass is 1900 g/mol. The highest BCUT2D eigenvalue weighted by molar-refractivity contribution is 7.91. The number of benzene rings is 7. The van der Waals surface area contributed by atoms with Crippen molar-refractivity contribution in [2.24, 2.45) is 11.8 Å². The molecule has 0 radical (unpaired) electrons. The molecule has 0 unspecified atom stereocenters. The molecule has 4 fully saturated rings. The molecule has 4 aliphatic rings. The third-order valence-corrected chi connectivity index (χ3v) is 29.6. The van der Waals surface area contributed by atoms with Crippen LogP contribution in [-0.2, 0) is 39.3 Å². The molecule has 7 aromatic heterocycles. The van der Waals surface area contributed by atoms with Gasteiger partial charge in [0.05, 0.1) is 46.2 Å². The maximum absolute atomic E-state index is 15.1. The van der Waals surface area contributed by atoms with E-state index in [1.165, 1.54) is 135 Å². The SMILES string of the molecule is CCCCCCCc1cnc(-c2cc(-c3ccc(C)cc3)c(-c3ncn[nH]3)c(=O)[nH]2)s1.CCCCCCOc1ccc(-c2cc(-c3ccc(C)cc3)c(C(=O)NS(=O)(=O)C3CC3)c(=O)[nH]2)c(F)c1.CCCCCCOc1ccc(-c2cc(-c3ccc(CC4CC4)cc3)c(C(=O)NS(=O)(=O)C3CC3)c(=O)[nH]2)cc1.Cc1ccc(-c2cc(-c3ccc(CCC4CC4)cc3)[nH]c(=O)c2-c2ncn[nH]2)cc1. The van der Waals surface area contributed by atoms with E-state index in [9.17, 15) is 45.6 Å². The Balaban J connectivity index is 0.000000139. The van der Waals surface area contributed by atoms with Gasteiger partial charge < -0.3 is 29.4 Å². The highest BCUT2D eigenvalue weighted by atomic mass is 32.2. The van der Waals surface area contributed by atoms with E-state index < -0.39 is 59.3 Å². The van der Waals surface area contributed by atoms with E-state index in [1.807, 2.05) is 134 Å². The zero-order chi connectivity index (χ0) is 96.1. The van der Waals surface area contributed by atoms with Crippen molar-refractivity contribution in [3.8, 4) is 123 Å². The molecule has 712 valence electrons. The summed E-state index contributed by atoms with van der Waals surface area (Å²) in [7, 11) is -7.68. The molecule has 0 spiro atoms. The van der Waals surface area contributed by atoms with Crippen molar-refractivity contribution in [1.29, 1.82) is 0 Å². The van der Waals surface area contributed by atoms with Crippen LogP contribution < -0.4 is 41.2 Å². The van der Waals surface area contributed by atoms with Gasteiger partial charge in [-0.25, -0.2) is 45.6 Å². The Bertz CT molecular complexity index is 6970. The van der Waals surface area contributed by atoms with Gasteiger partial charge in [0, 0.05) is 56.3 Å². The zero-order valence-electron chi connectivity index (χ0n) is 78.3. The van der Waals surface area contributed by atoms with E-state index in [1.54, 1.807) is 35.6 Å². The molecular weight excluding hydrogens is 1790 g/mol. The van der Waals surface area contributed by atoms with Crippen LogP contribution in [0.5, 0.6) is 11.5 Å². The minimum Gasteiger partial charge on any atom is -0.494 e. The van der Waals surface area contributed by atoms with Crippen molar-refractivity contribution in [2.75, 3.05) is 13.2 Å². The van der Waals surface area contributed by atoms with Gasteiger partial charge in [-0.15, -0.1) is 11.3 Å². The highest BCUT2D eigenvalue weighted by Crippen LogP contribution is 2.40. The second kappa shape index (κ2) is 46.0. The summed E-state index contributed by atoms with van der Waals surface area (Å²) in [5.74, 6) is 1.22. The number of amides is 2. The normalized spacial score (nSPS) is 13.4. The lowest BCUT2D eigenvalue weighted by molar-refractivity contribution is 0.0971. The number of pyridine rings is 4. The Morgan fingerprint density at radius 3 is 1.28 bits per heavy atom. The van der Waals surface area contributed by atoms with Crippen LogP contribution in [0.1, 0.15) is 215 Å². The number of aromatic nitrogens is 11. The number of sulfonamides is 2. The lowest BCUT2D eigenvalue weighted by atomic mass is 9.96. The lowest BCUT2D eigenvalue weighted by Crippen LogP contribution is -2.37. The Kier molecular flexibility index (Phi) is 32.9. The number of hydrogen-bond donors (Lipinski definition) is 8. The lowest BCUT2D eigenvalue weighted by Gasteiger charge is -2.14. The first kappa shape index (κ1) is 98.1. The van der Waals surface area contributed by atoms with Gasteiger partial charge in [0.2, 0.25) is 20.0 Å². The number of carbonyl (C=O) groups is 2. The van der Waals surface area contributed by atoms with E-state index in [2.05, 4.69) is 124 Å². The Labute approximate surface area is 801 Å². The molecule has 4 aliphatic carbocycles. The van der Waals surface area contributed by atoms with Crippen LogP contribution in [0.15, 0.2) is 226 Å². The van der Waals surface area contributed by atoms with Crippen molar-refractivity contribution in [1.82, 2.24) is 64.7 Å². The number of nitrogens with one attached hydrogen (secondary N) is 8. The number of thiazole rings is 1. The smallest absolute Gasteiger partial charge is 0.270 e. The van der Waals surface area contributed by atoms with E-state index in [0.29, 0.717) is 89.8 Å². The molecular formula is C108H118FN13O12S3. The molecule has 7 aromatic carbocycles. The van der Waals surface area contributed by atoms with Crippen molar-refractivity contribution in [3.05, 3.63) is 298 Å².